The molecule has 1 spiro atoms. The number of carboxylic acid groups (broad SMARTS) is 1. The molecule has 31 heavy (non-hydrogen) atoms. The first kappa shape index (κ1) is 22.5. The number of aliphatic carboxylic acids is 1. The van der Waals surface area contributed by atoms with Crippen LogP contribution in [0.1, 0.15) is 35.4 Å². The van der Waals surface area contributed by atoms with Gasteiger partial charge < -0.3 is 19.4 Å². The number of aromatic nitrogens is 3. The summed E-state index contributed by atoms with van der Waals surface area (Å²) >= 11 is 0. The molecule has 0 saturated carbocycles. The monoisotopic (exact) mass is 441 g/mol. The van der Waals surface area contributed by atoms with Crippen LogP contribution < -0.4 is 4.90 Å². The Morgan fingerprint density at radius 3 is 2.23 bits per heavy atom. The molecule has 0 atom stereocenters. The number of anilines is 1. The van der Waals surface area contributed by atoms with Crippen molar-refractivity contribution in [3.8, 4) is 0 Å². The van der Waals surface area contributed by atoms with Gasteiger partial charge in [-0.1, -0.05) is 5.16 Å². The third kappa shape index (κ3) is 5.30. The van der Waals surface area contributed by atoms with Crippen molar-refractivity contribution in [1.82, 2.24) is 20.0 Å². The second kappa shape index (κ2) is 8.90. The number of hydrogen-bond donors (Lipinski definition) is 1. The van der Waals surface area contributed by atoms with E-state index < -0.39 is 12.1 Å². The number of aryl methyl sites for hydroxylation is 1. The summed E-state index contributed by atoms with van der Waals surface area (Å²) in [5.74, 6) is -1.32. The van der Waals surface area contributed by atoms with Crippen LogP contribution in [0.3, 0.4) is 0 Å². The number of carbonyl (C=O) groups excluding carboxylic acids is 1. The minimum Gasteiger partial charge on any atom is -0.475 e. The zero-order chi connectivity index (χ0) is 22.6. The Hall–Kier alpha value is -3.18. The Bertz CT molecular complexity index is 911. The number of amides is 1. The van der Waals surface area contributed by atoms with E-state index in [1.54, 1.807) is 19.3 Å². The molecule has 4 rings (SSSR count). The molecule has 2 saturated heterocycles. The van der Waals surface area contributed by atoms with E-state index in [0.29, 0.717) is 11.3 Å². The van der Waals surface area contributed by atoms with Crippen molar-refractivity contribution < 1.29 is 32.4 Å². The maximum absolute atomic E-state index is 12.6. The van der Waals surface area contributed by atoms with Gasteiger partial charge in [0.1, 0.15) is 11.3 Å². The summed E-state index contributed by atoms with van der Waals surface area (Å²) in [6.45, 7) is 5.30. The average Bonchev–Trinajstić information content (AvgIpc) is 3.35. The minimum atomic E-state index is -5.08. The Kier molecular flexibility index (Phi) is 6.46. The van der Waals surface area contributed by atoms with Gasteiger partial charge in [-0.05, 0) is 37.7 Å². The fraction of sp³-hybridized carbons (Fsp3) is 0.526. The molecule has 2 aliphatic rings. The van der Waals surface area contributed by atoms with Crippen LogP contribution in [0.2, 0.25) is 0 Å². The molecular formula is C19H22F3N5O4. The molecular weight excluding hydrogens is 419 g/mol. The van der Waals surface area contributed by atoms with Gasteiger partial charge in [0.25, 0.3) is 5.91 Å². The molecule has 1 N–H and O–H groups in total. The third-order valence-corrected chi connectivity index (χ3v) is 5.61. The van der Waals surface area contributed by atoms with Crippen molar-refractivity contribution in [3.05, 3.63) is 36.0 Å². The number of likely N-dealkylation sites (tertiary alicyclic amines) is 1. The normalized spacial score (nSPS) is 17.9. The van der Waals surface area contributed by atoms with E-state index in [2.05, 4.69) is 20.0 Å². The fourth-order valence-electron chi connectivity index (χ4n) is 3.83. The van der Waals surface area contributed by atoms with Gasteiger partial charge >= 0.3 is 12.1 Å². The van der Waals surface area contributed by atoms with Crippen molar-refractivity contribution in [1.29, 1.82) is 0 Å². The van der Waals surface area contributed by atoms with Crippen molar-refractivity contribution in [2.75, 3.05) is 31.1 Å². The number of carboxylic acids is 1. The van der Waals surface area contributed by atoms with Crippen LogP contribution in [-0.2, 0) is 4.79 Å². The van der Waals surface area contributed by atoms with Crippen LogP contribution in [0.15, 0.2) is 29.2 Å². The second-order valence-electron chi connectivity index (χ2n) is 7.61. The molecule has 2 aromatic heterocycles. The largest absolute Gasteiger partial charge is 0.490 e. The molecule has 2 fully saturated rings. The predicted molar refractivity (Wildman–Crippen MR) is 101 cm³/mol. The maximum atomic E-state index is 12.6. The molecule has 12 heteroatoms. The Labute approximate surface area is 175 Å². The lowest BCUT2D eigenvalue weighted by Crippen LogP contribution is -2.43. The summed E-state index contributed by atoms with van der Waals surface area (Å²) < 4.78 is 36.8. The lowest BCUT2D eigenvalue weighted by atomic mass is 9.78. The lowest BCUT2D eigenvalue weighted by molar-refractivity contribution is -0.192. The molecule has 168 valence electrons. The second-order valence-corrected chi connectivity index (χ2v) is 7.61. The molecule has 0 aromatic carbocycles. The van der Waals surface area contributed by atoms with E-state index in [4.69, 9.17) is 14.4 Å². The number of alkyl halides is 3. The van der Waals surface area contributed by atoms with Gasteiger partial charge in [0.2, 0.25) is 5.95 Å². The van der Waals surface area contributed by atoms with Gasteiger partial charge in [0, 0.05) is 38.6 Å². The van der Waals surface area contributed by atoms with Crippen LogP contribution in [0.25, 0.3) is 0 Å². The summed E-state index contributed by atoms with van der Waals surface area (Å²) in [7, 11) is 0. The highest BCUT2D eigenvalue weighted by atomic mass is 19.4. The number of nitrogens with zero attached hydrogens (tertiary/aromatic N) is 5. The van der Waals surface area contributed by atoms with E-state index in [0.717, 1.165) is 51.4 Å². The highest BCUT2D eigenvalue weighted by Gasteiger charge is 2.43. The average molecular weight is 441 g/mol. The highest BCUT2D eigenvalue weighted by molar-refractivity contribution is 5.95. The Morgan fingerprint density at radius 1 is 1.13 bits per heavy atom. The summed E-state index contributed by atoms with van der Waals surface area (Å²) in [5, 5.41) is 10.8. The number of rotatable bonds is 2. The van der Waals surface area contributed by atoms with Gasteiger partial charge in [-0.15, -0.1) is 0 Å². The zero-order valence-corrected chi connectivity index (χ0v) is 16.8. The van der Waals surface area contributed by atoms with Crippen molar-refractivity contribution in [3.63, 3.8) is 0 Å². The standard InChI is InChI=1S/C17H21N5O2.C2HF3O2/c1-13-14(11-20-24-13)15(23)22-10-5-17(12-22)3-8-21(9-4-17)16-18-6-2-7-19-16;3-2(4,5)1(6)7/h2,6-7,11H,3-5,8-10,12H2,1H3;(H,6,7). The van der Waals surface area contributed by atoms with Gasteiger partial charge in [0.15, 0.2) is 0 Å². The molecule has 2 aliphatic heterocycles. The maximum Gasteiger partial charge on any atom is 0.490 e. The van der Waals surface area contributed by atoms with Crippen LogP contribution in [-0.4, -0.2) is 69.4 Å². The van der Waals surface area contributed by atoms with Gasteiger partial charge in [-0.25, -0.2) is 14.8 Å². The predicted octanol–water partition coefficient (Wildman–Crippen LogP) is 2.54. The Balaban J connectivity index is 0.000000339. The highest BCUT2D eigenvalue weighted by Crippen LogP contribution is 2.41. The van der Waals surface area contributed by atoms with E-state index in [1.807, 2.05) is 11.0 Å². The van der Waals surface area contributed by atoms with Gasteiger partial charge in [-0.3, -0.25) is 4.79 Å². The molecule has 0 aliphatic carbocycles. The van der Waals surface area contributed by atoms with Crippen LogP contribution in [0.4, 0.5) is 19.1 Å². The fourth-order valence-corrected chi connectivity index (χ4v) is 3.83. The van der Waals surface area contributed by atoms with Crippen molar-refractivity contribution in [2.24, 2.45) is 5.41 Å². The first-order valence-electron chi connectivity index (χ1n) is 9.64. The first-order valence-corrected chi connectivity index (χ1v) is 9.64. The van der Waals surface area contributed by atoms with Crippen LogP contribution >= 0.6 is 0 Å². The van der Waals surface area contributed by atoms with Crippen LogP contribution in [0, 0.1) is 12.3 Å². The summed E-state index contributed by atoms with van der Waals surface area (Å²) in [6, 6.07) is 1.84. The van der Waals surface area contributed by atoms with Crippen molar-refractivity contribution in [2.45, 2.75) is 32.4 Å². The van der Waals surface area contributed by atoms with Gasteiger partial charge in [0.05, 0.1) is 6.20 Å². The number of hydrogen-bond acceptors (Lipinski definition) is 7. The SMILES string of the molecule is Cc1oncc1C(=O)N1CCC2(CCN(c3ncccn3)CC2)C1.O=C(O)C(F)(F)F. The number of carbonyl (C=O) groups is 2. The van der Waals surface area contributed by atoms with E-state index in [1.165, 1.54) is 6.20 Å². The lowest BCUT2D eigenvalue weighted by Gasteiger charge is -2.39. The molecule has 9 nitrogen and oxygen atoms in total. The first-order chi connectivity index (χ1) is 14.6. The summed E-state index contributed by atoms with van der Waals surface area (Å²) in [5.41, 5.74) is 0.814. The number of halogens is 3. The molecule has 0 unspecified atom stereocenters. The minimum absolute atomic E-state index is 0.0412. The topological polar surface area (TPSA) is 113 Å². The molecule has 4 heterocycles. The van der Waals surface area contributed by atoms with Gasteiger partial charge in [-0.2, -0.15) is 13.2 Å². The summed E-state index contributed by atoms with van der Waals surface area (Å²) in [4.78, 5) is 34.4. The van der Waals surface area contributed by atoms with Crippen LogP contribution in [0.5, 0.6) is 0 Å². The third-order valence-electron chi connectivity index (χ3n) is 5.61. The number of piperidine rings is 1. The zero-order valence-electron chi connectivity index (χ0n) is 16.8. The van der Waals surface area contributed by atoms with E-state index >= 15 is 0 Å². The molecule has 1 amide bonds. The van der Waals surface area contributed by atoms with E-state index in [9.17, 15) is 18.0 Å². The van der Waals surface area contributed by atoms with E-state index in [-0.39, 0.29) is 11.3 Å². The molecule has 0 radical (unpaired) electrons. The molecule has 0 bridgehead atoms. The van der Waals surface area contributed by atoms with Crippen molar-refractivity contribution >= 4 is 17.8 Å². The smallest absolute Gasteiger partial charge is 0.475 e. The quantitative estimate of drug-likeness (QED) is 0.757. The molecule has 2 aromatic rings. The summed E-state index contributed by atoms with van der Waals surface area (Å²) in [6.07, 6.45) is 3.20. The Morgan fingerprint density at radius 2 is 1.71 bits per heavy atom.